The van der Waals surface area contributed by atoms with Crippen molar-refractivity contribution in [3.8, 4) is 0 Å². The summed E-state index contributed by atoms with van der Waals surface area (Å²) in [5.74, 6) is -0.210. The highest BCUT2D eigenvalue weighted by Gasteiger charge is 2.55. The van der Waals surface area contributed by atoms with Crippen LogP contribution in [0.25, 0.3) is 0 Å². The van der Waals surface area contributed by atoms with Gasteiger partial charge in [-0.15, -0.1) is 0 Å². The number of carbonyl (C=O) groups is 2. The van der Waals surface area contributed by atoms with Crippen molar-refractivity contribution in [1.29, 1.82) is 0 Å². The van der Waals surface area contributed by atoms with Gasteiger partial charge in [0.2, 0.25) is 0 Å². The van der Waals surface area contributed by atoms with Gasteiger partial charge in [-0.3, -0.25) is 4.79 Å². The fraction of sp³-hybridized carbons (Fsp3) is 0.647. The number of carboxylic acids is 1. The lowest BCUT2D eigenvalue weighted by Gasteiger charge is -2.10. The van der Waals surface area contributed by atoms with Crippen LogP contribution >= 0.6 is 0 Å². The number of carbonyl (C=O) groups excluding carboxylic acids is 1. The zero-order valence-corrected chi connectivity index (χ0v) is 13.0. The number of aliphatic carboxylic acids is 1. The molecule has 2 aliphatic rings. The molecule has 0 unspecified atom stereocenters. The van der Waals surface area contributed by atoms with Gasteiger partial charge in [0.1, 0.15) is 6.61 Å². The van der Waals surface area contributed by atoms with Crippen LogP contribution in [-0.4, -0.2) is 23.7 Å². The Bertz CT molecular complexity index is 499. The molecule has 0 bridgehead atoms. The van der Waals surface area contributed by atoms with Crippen LogP contribution < -0.4 is 0 Å². The number of hydrogen-bond acceptors (Lipinski definition) is 3. The average Bonchev–Trinajstić information content (AvgIpc) is 2.92. The first-order valence-electron chi connectivity index (χ1n) is 7.57. The zero-order chi connectivity index (χ0) is 15.6. The van der Waals surface area contributed by atoms with Gasteiger partial charge in [-0.1, -0.05) is 26.0 Å². The molecule has 0 aromatic heterocycles. The topological polar surface area (TPSA) is 63.6 Å². The second-order valence-corrected chi connectivity index (χ2v) is 6.67. The average molecular weight is 292 g/mol. The minimum absolute atomic E-state index is 0.178. The van der Waals surface area contributed by atoms with Crippen LogP contribution in [0.1, 0.15) is 46.5 Å². The Labute approximate surface area is 125 Å². The number of esters is 1. The van der Waals surface area contributed by atoms with Crippen molar-refractivity contribution >= 4 is 11.9 Å². The van der Waals surface area contributed by atoms with E-state index in [0.717, 1.165) is 18.4 Å². The summed E-state index contributed by atoms with van der Waals surface area (Å²) in [6, 6.07) is 0. The van der Waals surface area contributed by atoms with Crippen LogP contribution in [0.3, 0.4) is 0 Å². The monoisotopic (exact) mass is 292 g/mol. The number of ether oxygens (including phenoxy) is 1. The maximum atomic E-state index is 11.3. The summed E-state index contributed by atoms with van der Waals surface area (Å²) < 4.78 is 5.09. The first-order valence-corrected chi connectivity index (χ1v) is 7.57. The largest absolute Gasteiger partial charge is 0.478 e. The van der Waals surface area contributed by atoms with E-state index >= 15 is 0 Å². The Balaban J connectivity index is 2.12. The van der Waals surface area contributed by atoms with Gasteiger partial charge in [0.25, 0.3) is 0 Å². The molecule has 1 N–H and O–H groups in total. The summed E-state index contributed by atoms with van der Waals surface area (Å²) in [7, 11) is 0. The van der Waals surface area contributed by atoms with Crippen LogP contribution in [0.4, 0.5) is 0 Å². The van der Waals surface area contributed by atoms with Gasteiger partial charge in [-0.05, 0) is 48.5 Å². The van der Waals surface area contributed by atoms with Crippen LogP contribution in [0.15, 0.2) is 23.3 Å². The normalized spacial score (nSPS) is 32.7. The lowest BCUT2D eigenvalue weighted by atomic mass is 10.00. The van der Waals surface area contributed by atoms with E-state index in [9.17, 15) is 14.7 Å². The minimum atomic E-state index is -0.813. The lowest BCUT2D eigenvalue weighted by molar-refractivity contribution is -0.140. The van der Waals surface area contributed by atoms with E-state index in [1.807, 2.05) is 12.2 Å². The van der Waals surface area contributed by atoms with Crippen molar-refractivity contribution in [2.24, 2.45) is 17.3 Å². The van der Waals surface area contributed by atoms with Gasteiger partial charge in [0.05, 0.1) is 0 Å². The molecule has 0 aromatic rings. The maximum absolute atomic E-state index is 11.3. The second kappa shape index (κ2) is 6.04. The zero-order valence-electron chi connectivity index (χ0n) is 13.0. The van der Waals surface area contributed by atoms with Gasteiger partial charge in [0.15, 0.2) is 0 Å². The van der Waals surface area contributed by atoms with Gasteiger partial charge in [0, 0.05) is 12.5 Å². The van der Waals surface area contributed by atoms with Gasteiger partial charge in [-0.25, -0.2) is 4.79 Å². The van der Waals surface area contributed by atoms with Crippen LogP contribution in [0, 0.1) is 17.3 Å². The number of carboxylic acid groups (broad SMARTS) is 1. The van der Waals surface area contributed by atoms with Gasteiger partial charge < -0.3 is 9.84 Å². The van der Waals surface area contributed by atoms with Crippen LogP contribution in [0.2, 0.25) is 0 Å². The van der Waals surface area contributed by atoms with E-state index in [4.69, 9.17) is 4.74 Å². The molecular weight excluding hydrogens is 268 g/mol. The third-order valence-electron chi connectivity index (χ3n) is 4.88. The summed E-state index contributed by atoms with van der Waals surface area (Å²) >= 11 is 0. The molecule has 0 heterocycles. The van der Waals surface area contributed by atoms with Gasteiger partial charge in [-0.2, -0.15) is 0 Å². The highest BCUT2D eigenvalue weighted by molar-refractivity contribution is 5.86. The van der Waals surface area contributed by atoms with Gasteiger partial charge >= 0.3 is 11.9 Å². The Morgan fingerprint density at radius 1 is 1.38 bits per heavy atom. The highest BCUT2D eigenvalue weighted by Crippen LogP contribution is 2.61. The maximum Gasteiger partial charge on any atom is 0.331 e. The summed E-state index contributed by atoms with van der Waals surface area (Å²) in [4.78, 5) is 22.3. The molecule has 0 saturated heterocycles. The Hall–Kier alpha value is -1.58. The van der Waals surface area contributed by atoms with Crippen molar-refractivity contribution in [3.05, 3.63) is 23.3 Å². The molecule has 0 spiro atoms. The van der Waals surface area contributed by atoms with E-state index < -0.39 is 5.97 Å². The molecule has 4 heteroatoms. The minimum Gasteiger partial charge on any atom is -0.478 e. The van der Waals surface area contributed by atoms with E-state index in [1.165, 1.54) is 6.92 Å². The van der Waals surface area contributed by atoms with Crippen molar-refractivity contribution in [3.63, 3.8) is 0 Å². The molecule has 2 atom stereocenters. The Morgan fingerprint density at radius 3 is 2.71 bits per heavy atom. The summed E-state index contributed by atoms with van der Waals surface area (Å²) in [5.41, 5.74) is 1.80. The first-order chi connectivity index (χ1) is 9.82. The Kier molecular flexibility index (Phi) is 4.55. The van der Waals surface area contributed by atoms with E-state index in [2.05, 4.69) is 13.8 Å². The number of rotatable bonds is 3. The second-order valence-electron chi connectivity index (χ2n) is 6.67. The smallest absolute Gasteiger partial charge is 0.331 e. The Morgan fingerprint density at radius 2 is 2.10 bits per heavy atom. The van der Waals surface area contributed by atoms with E-state index in [0.29, 0.717) is 36.9 Å². The predicted octanol–water partition coefficient (Wildman–Crippen LogP) is 3.33. The summed E-state index contributed by atoms with van der Waals surface area (Å²) in [6.07, 6.45) is 7.18. The molecule has 0 radical (unpaired) electrons. The SMILES string of the molecule is CC(=O)OC/C1=C\CC/C(C(=O)O)=C\[C@H]2[C@@H](CC1)C2(C)C. The molecule has 1 fully saturated rings. The standard InChI is InChI=1S/C17H24O4/c1-11(18)21-10-12-5-4-6-13(16(19)20)9-15-14(8-7-12)17(15,2)3/h5,9,14-15H,4,6-8,10H2,1-3H3,(H,19,20)/b12-5-,13-9+/t14-,15+/m1/s1. The molecule has 0 aliphatic heterocycles. The fourth-order valence-electron chi connectivity index (χ4n) is 3.35. The number of allylic oxidation sites excluding steroid dienone is 2. The summed E-state index contributed by atoms with van der Waals surface area (Å²) in [6.45, 7) is 6.14. The van der Waals surface area contributed by atoms with Crippen molar-refractivity contribution in [2.45, 2.75) is 46.5 Å². The predicted molar refractivity (Wildman–Crippen MR) is 79.7 cm³/mol. The van der Waals surface area contributed by atoms with Crippen LogP contribution in [0.5, 0.6) is 0 Å². The molecule has 2 aliphatic carbocycles. The number of fused-ring (bicyclic) bond motifs is 1. The van der Waals surface area contributed by atoms with Crippen molar-refractivity contribution in [2.75, 3.05) is 6.61 Å². The number of hydrogen-bond donors (Lipinski definition) is 1. The highest BCUT2D eigenvalue weighted by atomic mass is 16.5. The first kappa shape index (κ1) is 15.8. The third kappa shape index (κ3) is 3.74. The van der Waals surface area contributed by atoms with E-state index in [-0.39, 0.29) is 11.4 Å². The molecule has 21 heavy (non-hydrogen) atoms. The quantitative estimate of drug-likeness (QED) is 0.640. The fourth-order valence-corrected chi connectivity index (χ4v) is 3.35. The molecule has 2 rings (SSSR count). The molecular formula is C17H24O4. The molecule has 0 amide bonds. The summed E-state index contributed by atoms with van der Waals surface area (Å²) in [5, 5.41) is 9.31. The molecule has 0 aromatic carbocycles. The lowest BCUT2D eigenvalue weighted by Crippen LogP contribution is -2.06. The van der Waals surface area contributed by atoms with Crippen molar-refractivity contribution < 1.29 is 19.4 Å². The molecule has 116 valence electrons. The molecule has 4 nitrogen and oxygen atoms in total. The molecule has 1 saturated carbocycles. The van der Waals surface area contributed by atoms with Crippen LogP contribution in [-0.2, 0) is 14.3 Å². The van der Waals surface area contributed by atoms with E-state index in [1.54, 1.807) is 0 Å². The third-order valence-corrected chi connectivity index (χ3v) is 4.88. The van der Waals surface area contributed by atoms with Crippen molar-refractivity contribution in [1.82, 2.24) is 0 Å².